The monoisotopic (exact) mass is 332 g/mol. The van der Waals surface area contributed by atoms with Crippen LogP contribution in [-0.2, 0) is 11.2 Å². The summed E-state index contributed by atoms with van der Waals surface area (Å²) in [4.78, 5) is 15.8. The Kier molecular flexibility index (Phi) is 5.87. The molecule has 3 rings (SSSR count). The molecule has 2 aliphatic rings. The summed E-state index contributed by atoms with van der Waals surface area (Å²) in [6.07, 6.45) is 3.79. The second kappa shape index (κ2) is 8.10. The van der Waals surface area contributed by atoms with Gasteiger partial charge in [0.1, 0.15) is 0 Å². The van der Waals surface area contributed by atoms with E-state index in [1.54, 1.807) is 4.90 Å². The number of β-amino-alcohol motifs (C(OH)–C–C–N with tert-alkyl or cyclic N) is 1. The number of carbonyl (C=O) groups is 1. The van der Waals surface area contributed by atoms with Gasteiger partial charge >= 0.3 is 0 Å². The zero-order valence-corrected chi connectivity index (χ0v) is 14.2. The minimum absolute atomic E-state index is 0.155. The summed E-state index contributed by atoms with van der Waals surface area (Å²) in [5.74, 6) is 0.155. The number of amides is 1. The van der Waals surface area contributed by atoms with E-state index in [1.807, 2.05) is 0 Å². The number of nitrogens with zero attached hydrogens (tertiary/aromatic N) is 2. The Morgan fingerprint density at radius 2 is 2.12 bits per heavy atom. The Morgan fingerprint density at radius 3 is 2.88 bits per heavy atom. The van der Waals surface area contributed by atoms with Gasteiger partial charge in [0.15, 0.2) is 0 Å². The quantitative estimate of drug-likeness (QED) is 0.754. The van der Waals surface area contributed by atoms with Crippen LogP contribution >= 0.6 is 0 Å². The second-order valence-corrected chi connectivity index (χ2v) is 6.92. The van der Waals surface area contributed by atoms with Gasteiger partial charge in [0.2, 0.25) is 5.91 Å². The average molecular weight is 332 g/mol. The van der Waals surface area contributed by atoms with Crippen molar-refractivity contribution in [1.29, 1.82) is 0 Å². The molecular formula is C19H28N2O3. The summed E-state index contributed by atoms with van der Waals surface area (Å²) >= 11 is 0. The van der Waals surface area contributed by atoms with Gasteiger partial charge < -0.3 is 15.1 Å². The van der Waals surface area contributed by atoms with E-state index in [0.717, 1.165) is 32.4 Å². The van der Waals surface area contributed by atoms with E-state index in [2.05, 4.69) is 29.2 Å². The first-order valence-electron chi connectivity index (χ1n) is 9.07. The van der Waals surface area contributed by atoms with Crippen LogP contribution in [0.25, 0.3) is 0 Å². The van der Waals surface area contributed by atoms with Crippen LogP contribution in [0, 0.1) is 0 Å². The maximum absolute atomic E-state index is 11.8. The van der Waals surface area contributed by atoms with Crippen LogP contribution in [0.15, 0.2) is 24.3 Å². The molecule has 1 aromatic carbocycles. The van der Waals surface area contributed by atoms with Crippen LogP contribution in [0.2, 0.25) is 0 Å². The van der Waals surface area contributed by atoms with Crippen molar-refractivity contribution in [3.8, 4) is 0 Å². The summed E-state index contributed by atoms with van der Waals surface area (Å²) < 4.78 is 0. The number of aliphatic hydroxyl groups is 2. The van der Waals surface area contributed by atoms with E-state index in [-0.39, 0.29) is 12.5 Å². The number of aliphatic hydroxyl groups excluding tert-OH is 2. The Morgan fingerprint density at radius 1 is 1.29 bits per heavy atom. The molecule has 1 aliphatic carbocycles. The largest absolute Gasteiger partial charge is 0.396 e. The summed E-state index contributed by atoms with van der Waals surface area (Å²) in [5, 5.41) is 19.7. The number of carbonyl (C=O) groups excluding carboxylic acids is 1. The maximum atomic E-state index is 11.8. The topological polar surface area (TPSA) is 64.0 Å². The molecule has 1 amide bonds. The summed E-state index contributed by atoms with van der Waals surface area (Å²) in [6.45, 7) is 2.65. The van der Waals surface area contributed by atoms with Crippen molar-refractivity contribution >= 4 is 5.91 Å². The molecule has 0 saturated carbocycles. The van der Waals surface area contributed by atoms with E-state index in [1.165, 1.54) is 11.1 Å². The van der Waals surface area contributed by atoms with Gasteiger partial charge in [-0.2, -0.15) is 0 Å². The number of aryl methyl sites for hydroxylation is 1. The highest BCUT2D eigenvalue weighted by Crippen LogP contribution is 2.35. The van der Waals surface area contributed by atoms with Gasteiger partial charge in [-0.15, -0.1) is 0 Å². The van der Waals surface area contributed by atoms with Crippen LogP contribution < -0.4 is 0 Å². The molecule has 2 atom stereocenters. The minimum Gasteiger partial charge on any atom is -0.396 e. The van der Waals surface area contributed by atoms with Gasteiger partial charge in [0, 0.05) is 45.2 Å². The Balaban J connectivity index is 1.64. The smallest absolute Gasteiger partial charge is 0.222 e. The van der Waals surface area contributed by atoms with Gasteiger partial charge in [-0.05, 0) is 36.8 Å². The van der Waals surface area contributed by atoms with Crippen LogP contribution in [0.4, 0.5) is 0 Å². The fourth-order valence-electron chi connectivity index (χ4n) is 4.04. The lowest BCUT2D eigenvalue weighted by atomic mass is 10.1. The highest BCUT2D eigenvalue weighted by Gasteiger charge is 2.30. The molecule has 1 saturated heterocycles. The first-order chi connectivity index (χ1) is 11.7. The Bertz CT molecular complexity index is 563. The molecule has 1 fully saturated rings. The zero-order chi connectivity index (χ0) is 16.9. The lowest BCUT2D eigenvalue weighted by Gasteiger charge is -2.32. The molecule has 0 spiro atoms. The van der Waals surface area contributed by atoms with E-state index < -0.39 is 6.10 Å². The molecule has 2 N–H and O–H groups in total. The maximum Gasteiger partial charge on any atom is 0.222 e. The van der Waals surface area contributed by atoms with Crippen LogP contribution in [-0.4, -0.2) is 64.8 Å². The van der Waals surface area contributed by atoms with Gasteiger partial charge in [-0.25, -0.2) is 0 Å². The number of likely N-dealkylation sites (tertiary alicyclic amines) is 1. The number of hydrogen-bond acceptors (Lipinski definition) is 4. The molecule has 1 aromatic rings. The predicted octanol–water partition coefficient (Wildman–Crippen LogP) is 1.34. The molecule has 0 radical (unpaired) electrons. The number of benzene rings is 1. The SMILES string of the molecule is O=C1CCCN1CC(O)CN(CCCO)C1CCc2ccccc21. The van der Waals surface area contributed by atoms with Gasteiger partial charge in [0.05, 0.1) is 6.10 Å². The van der Waals surface area contributed by atoms with Crippen molar-refractivity contribution in [1.82, 2.24) is 9.80 Å². The number of rotatable bonds is 8. The van der Waals surface area contributed by atoms with Gasteiger partial charge in [-0.1, -0.05) is 24.3 Å². The summed E-state index contributed by atoms with van der Waals surface area (Å²) in [5.41, 5.74) is 2.74. The zero-order valence-electron chi connectivity index (χ0n) is 14.2. The standard InChI is InChI=1S/C19H28N2O3/c22-12-4-11-20(13-16(23)14-21-10-3-7-19(21)24)18-9-8-15-5-1-2-6-17(15)18/h1-2,5-6,16,18,22-23H,3-4,7-14H2. The van der Waals surface area contributed by atoms with Crippen molar-refractivity contribution in [2.24, 2.45) is 0 Å². The normalized spacial score (nSPS) is 21.5. The van der Waals surface area contributed by atoms with Crippen molar-refractivity contribution in [3.05, 3.63) is 35.4 Å². The lowest BCUT2D eigenvalue weighted by molar-refractivity contribution is -0.129. The highest BCUT2D eigenvalue weighted by atomic mass is 16.3. The average Bonchev–Trinajstić information content (AvgIpc) is 3.18. The lowest BCUT2D eigenvalue weighted by Crippen LogP contribution is -2.42. The fourth-order valence-corrected chi connectivity index (χ4v) is 4.04. The van der Waals surface area contributed by atoms with E-state index in [9.17, 15) is 15.0 Å². The molecule has 5 heteroatoms. The van der Waals surface area contributed by atoms with Crippen molar-refractivity contribution in [2.45, 2.75) is 44.2 Å². The first-order valence-corrected chi connectivity index (χ1v) is 9.07. The third-order valence-corrected chi connectivity index (χ3v) is 5.19. The molecule has 132 valence electrons. The van der Waals surface area contributed by atoms with E-state index >= 15 is 0 Å². The summed E-state index contributed by atoms with van der Waals surface area (Å²) in [6, 6.07) is 8.80. The summed E-state index contributed by atoms with van der Waals surface area (Å²) in [7, 11) is 0. The first kappa shape index (κ1) is 17.4. The second-order valence-electron chi connectivity index (χ2n) is 6.92. The Hall–Kier alpha value is -1.43. The molecular weight excluding hydrogens is 304 g/mol. The molecule has 0 aromatic heterocycles. The molecule has 1 aliphatic heterocycles. The number of hydrogen-bond donors (Lipinski definition) is 2. The van der Waals surface area contributed by atoms with Crippen LogP contribution in [0.1, 0.15) is 42.9 Å². The van der Waals surface area contributed by atoms with Crippen molar-refractivity contribution in [3.63, 3.8) is 0 Å². The van der Waals surface area contributed by atoms with Crippen LogP contribution in [0.3, 0.4) is 0 Å². The fraction of sp³-hybridized carbons (Fsp3) is 0.632. The van der Waals surface area contributed by atoms with E-state index in [4.69, 9.17) is 0 Å². The highest BCUT2D eigenvalue weighted by molar-refractivity contribution is 5.78. The molecule has 0 bridgehead atoms. The van der Waals surface area contributed by atoms with Gasteiger partial charge in [-0.3, -0.25) is 9.69 Å². The minimum atomic E-state index is -0.543. The predicted molar refractivity (Wildman–Crippen MR) is 92.6 cm³/mol. The van der Waals surface area contributed by atoms with Crippen molar-refractivity contribution in [2.75, 3.05) is 32.8 Å². The molecule has 5 nitrogen and oxygen atoms in total. The third-order valence-electron chi connectivity index (χ3n) is 5.19. The molecule has 1 heterocycles. The van der Waals surface area contributed by atoms with Crippen LogP contribution in [0.5, 0.6) is 0 Å². The van der Waals surface area contributed by atoms with Gasteiger partial charge in [0.25, 0.3) is 0 Å². The van der Waals surface area contributed by atoms with Crippen molar-refractivity contribution < 1.29 is 15.0 Å². The van der Waals surface area contributed by atoms with E-state index in [0.29, 0.717) is 32.0 Å². The number of fused-ring (bicyclic) bond motifs is 1. The molecule has 24 heavy (non-hydrogen) atoms. The third kappa shape index (κ3) is 3.97. The Labute approximate surface area is 143 Å². The molecule has 2 unspecified atom stereocenters.